The lowest BCUT2D eigenvalue weighted by molar-refractivity contribution is -0.695. The van der Waals surface area contributed by atoms with Gasteiger partial charge >= 0.3 is 17.6 Å². The second-order valence-corrected chi connectivity index (χ2v) is 15.0. The molecule has 8 nitrogen and oxygen atoms in total. The third kappa shape index (κ3) is 6.30. The molecule has 2 heterocycles. The first kappa shape index (κ1) is 29.9. The zero-order valence-corrected chi connectivity index (χ0v) is 25.9. The Labute approximate surface area is 238 Å². The van der Waals surface area contributed by atoms with Gasteiger partial charge in [0.15, 0.2) is 18.4 Å². The lowest BCUT2D eigenvalue weighted by Gasteiger charge is -2.24. The Morgan fingerprint density at radius 2 is 1.05 bits per heavy atom. The average Bonchev–Trinajstić information content (AvgIpc) is 3.02. The van der Waals surface area contributed by atoms with Gasteiger partial charge in [0, 0.05) is 83.1 Å². The number of hydrogen-bond acceptors (Lipinski definition) is 7. The molecule has 2 aromatic carbocycles. The van der Waals surface area contributed by atoms with Gasteiger partial charge < -0.3 is 26.6 Å². The van der Waals surface area contributed by atoms with Gasteiger partial charge in [0.1, 0.15) is 0 Å². The summed E-state index contributed by atoms with van der Waals surface area (Å²) < 4.78 is 36.1. The second-order valence-electron chi connectivity index (χ2n) is 9.18. The molecular weight excluding hydrogens is 541 g/mol. The van der Waals surface area contributed by atoms with Crippen molar-refractivity contribution in [3.05, 3.63) is 108 Å². The molecule has 0 saturated heterocycles. The number of benzene rings is 2. The van der Waals surface area contributed by atoms with Crippen LogP contribution in [0.4, 0.5) is 0 Å². The highest BCUT2D eigenvalue weighted by molar-refractivity contribution is 6.75. The Hall–Kier alpha value is -3.07. The zero-order valence-electron chi connectivity index (χ0n) is 23.9. The fourth-order valence-corrected chi connectivity index (χ4v) is 8.43. The minimum Gasteiger partial charge on any atom is -0.373 e. The van der Waals surface area contributed by atoms with E-state index in [9.17, 15) is 0 Å². The standard InChI is InChI=1S/C30H37N2O6Si2/c1-33-39(34-2,35-3)29-11-7-24(8-12-29)21-28-22-27(26-15-18-31-19-16-26)17-20-32(28)23-25-9-13-30(14-10-25)40(36-4,37-5)38-6/h7-20,22H,21,23H2,1-6H3/q+1. The molecular formula is C30H37N2O6Si2+. The van der Waals surface area contributed by atoms with Gasteiger partial charge in [-0.25, -0.2) is 0 Å². The van der Waals surface area contributed by atoms with Crippen molar-refractivity contribution in [3.63, 3.8) is 0 Å². The van der Waals surface area contributed by atoms with E-state index in [1.54, 1.807) is 42.7 Å². The lowest BCUT2D eigenvalue weighted by atomic mass is 10.0. The van der Waals surface area contributed by atoms with Crippen LogP contribution in [0.15, 0.2) is 91.4 Å². The van der Waals surface area contributed by atoms with Crippen LogP contribution in [0.25, 0.3) is 11.1 Å². The molecule has 210 valence electrons. The summed E-state index contributed by atoms with van der Waals surface area (Å²) in [6, 6.07) is 25.0. The van der Waals surface area contributed by atoms with Crippen molar-refractivity contribution in [3.8, 4) is 11.1 Å². The van der Waals surface area contributed by atoms with Crippen LogP contribution in [0.5, 0.6) is 0 Å². The largest absolute Gasteiger partial charge is 0.536 e. The number of hydrogen-bond donors (Lipinski definition) is 0. The van der Waals surface area contributed by atoms with Gasteiger partial charge in [0.25, 0.3) is 0 Å². The molecule has 0 atom stereocenters. The molecule has 2 aromatic heterocycles. The third-order valence-electron chi connectivity index (χ3n) is 7.10. The van der Waals surface area contributed by atoms with Crippen molar-refractivity contribution >= 4 is 28.0 Å². The predicted molar refractivity (Wildman–Crippen MR) is 157 cm³/mol. The Kier molecular flexibility index (Phi) is 10.1. The zero-order chi connectivity index (χ0) is 28.6. The van der Waals surface area contributed by atoms with E-state index in [2.05, 4.69) is 52.1 Å². The normalized spacial score (nSPS) is 12.1. The van der Waals surface area contributed by atoms with Crippen molar-refractivity contribution in [1.29, 1.82) is 0 Å². The van der Waals surface area contributed by atoms with Gasteiger partial charge in [0.2, 0.25) is 0 Å². The van der Waals surface area contributed by atoms with E-state index < -0.39 is 17.6 Å². The topological polar surface area (TPSA) is 72.2 Å². The molecule has 0 saturated carbocycles. The number of pyridine rings is 2. The Morgan fingerprint density at radius 3 is 1.52 bits per heavy atom. The van der Waals surface area contributed by atoms with E-state index in [0.717, 1.165) is 33.5 Å². The van der Waals surface area contributed by atoms with Crippen LogP contribution < -0.4 is 14.9 Å². The van der Waals surface area contributed by atoms with Crippen molar-refractivity contribution in [2.45, 2.75) is 13.0 Å². The Balaban J connectivity index is 1.66. The number of aromatic nitrogens is 2. The van der Waals surface area contributed by atoms with E-state index in [1.807, 2.05) is 48.8 Å². The van der Waals surface area contributed by atoms with E-state index in [1.165, 1.54) is 11.3 Å². The van der Waals surface area contributed by atoms with Crippen LogP contribution in [-0.2, 0) is 39.5 Å². The monoisotopic (exact) mass is 577 g/mol. The first-order chi connectivity index (χ1) is 19.5. The number of nitrogens with zero attached hydrogens (tertiary/aromatic N) is 2. The molecule has 0 aliphatic rings. The highest BCUT2D eigenvalue weighted by atomic mass is 28.4. The van der Waals surface area contributed by atoms with Gasteiger partial charge in [-0.15, -0.1) is 0 Å². The summed E-state index contributed by atoms with van der Waals surface area (Å²) >= 11 is 0. The minimum absolute atomic E-state index is 0.707. The summed E-state index contributed by atoms with van der Waals surface area (Å²) in [6.07, 6.45) is 6.52. The Bertz CT molecular complexity index is 1350. The van der Waals surface area contributed by atoms with Crippen molar-refractivity contribution < 1.29 is 31.1 Å². The minimum atomic E-state index is -2.89. The first-order valence-corrected chi connectivity index (χ1v) is 16.3. The fraction of sp³-hybridized carbons (Fsp3) is 0.267. The molecule has 0 bridgehead atoms. The molecule has 0 fully saturated rings. The summed E-state index contributed by atoms with van der Waals surface area (Å²) in [5.41, 5.74) is 5.76. The molecule has 10 heteroatoms. The highest BCUT2D eigenvalue weighted by Crippen LogP contribution is 2.20. The van der Waals surface area contributed by atoms with Crippen LogP contribution in [0, 0.1) is 0 Å². The second kappa shape index (κ2) is 13.5. The molecule has 0 unspecified atom stereocenters. The molecule has 0 aliphatic heterocycles. The van der Waals surface area contributed by atoms with Crippen LogP contribution in [-0.4, -0.2) is 65.3 Å². The maximum absolute atomic E-state index is 5.65. The number of rotatable bonds is 13. The SMILES string of the molecule is CO[Si](OC)(OC)c1ccc(Cc2cc(-c3ccncc3)cc[n+]2Cc2ccc([Si](OC)(OC)OC)cc2)cc1. The quantitative estimate of drug-likeness (QED) is 0.179. The smallest absolute Gasteiger partial charge is 0.373 e. The van der Waals surface area contributed by atoms with Crippen LogP contribution >= 0.6 is 0 Å². The van der Waals surface area contributed by atoms with Gasteiger partial charge in [-0.1, -0.05) is 48.5 Å². The third-order valence-corrected chi connectivity index (χ3v) is 12.4. The van der Waals surface area contributed by atoms with Crippen molar-refractivity contribution in [2.75, 3.05) is 42.7 Å². The molecule has 0 radical (unpaired) electrons. The highest BCUT2D eigenvalue weighted by Gasteiger charge is 2.41. The molecule has 0 aliphatic carbocycles. The first-order valence-electron chi connectivity index (χ1n) is 12.9. The molecule has 0 N–H and O–H groups in total. The lowest BCUT2D eigenvalue weighted by Crippen LogP contribution is -2.54. The summed E-state index contributed by atoms with van der Waals surface area (Å²) in [4.78, 5) is 4.17. The van der Waals surface area contributed by atoms with Crippen LogP contribution in [0.2, 0.25) is 0 Å². The van der Waals surface area contributed by atoms with E-state index >= 15 is 0 Å². The van der Waals surface area contributed by atoms with Gasteiger partial charge in [-0.2, -0.15) is 4.57 Å². The van der Waals surface area contributed by atoms with Crippen LogP contribution in [0.1, 0.15) is 16.8 Å². The molecule has 4 rings (SSSR count). The summed E-state index contributed by atoms with van der Waals surface area (Å²) in [7, 11) is 3.95. The van der Waals surface area contributed by atoms with Gasteiger partial charge in [-0.05, 0) is 28.8 Å². The summed E-state index contributed by atoms with van der Waals surface area (Å²) in [5.74, 6) is 0. The maximum atomic E-state index is 5.65. The van der Waals surface area contributed by atoms with E-state index in [-0.39, 0.29) is 0 Å². The fourth-order valence-electron chi connectivity index (χ4n) is 4.86. The predicted octanol–water partition coefficient (Wildman–Crippen LogP) is 2.85. The summed E-state index contributed by atoms with van der Waals surface area (Å²) in [5, 5.41) is 1.84. The maximum Gasteiger partial charge on any atom is 0.536 e. The van der Waals surface area contributed by atoms with Gasteiger partial charge in [0.05, 0.1) is 6.42 Å². The van der Waals surface area contributed by atoms with Crippen LogP contribution in [0.3, 0.4) is 0 Å². The molecule has 4 aromatic rings. The average molecular weight is 578 g/mol. The van der Waals surface area contributed by atoms with Crippen molar-refractivity contribution in [2.24, 2.45) is 0 Å². The summed E-state index contributed by atoms with van der Waals surface area (Å²) in [6.45, 7) is 0.707. The molecule has 40 heavy (non-hydrogen) atoms. The Morgan fingerprint density at radius 1 is 0.575 bits per heavy atom. The van der Waals surface area contributed by atoms with Crippen molar-refractivity contribution in [1.82, 2.24) is 4.98 Å². The molecule has 0 spiro atoms. The van der Waals surface area contributed by atoms with E-state index in [4.69, 9.17) is 26.6 Å². The van der Waals surface area contributed by atoms with E-state index in [0.29, 0.717) is 6.54 Å². The van der Waals surface area contributed by atoms with Gasteiger partial charge in [-0.3, -0.25) is 4.98 Å². The molecule has 0 amide bonds.